The van der Waals surface area contributed by atoms with Crippen molar-refractivity contribution in [2.75, 3.05) is 13.1 Å². The van der Waals surface area contributed by atoms with Gasteiger partial charge in [-0.25, -0.2) is 0 Å². The highest BCUT2D eigenvalue weighted by Crippen LogP contribution is 2.27. The Morgan fingerprint density at radius 3 is 2.20 bits per heavy atom. The van der Waals surface area contributed by atoms with E-state index in [1.165, 1.54) is 25.9 Å². The zero-order valence-electron chi connectivity index (χ0n) is 6.29. The molecule has 1 N–H and O–H groups in total. The standard InChI is InChI=1S/C8H15NO/c10-8-5-7(6-8)9-3-1-2-4-9/h7-8,10H,1-6H2/t7-,8+. The number of hydrogen-bond acceptors (Lipinski definition) is 2. The summed E-state index contributed by atoms with van der Waals surface area (Å²) in [6, 6.07) is 0.734. The van der Waals surface area contributed by atoms with E-state index in [0.29, 0.717) is 0 Å². The van der Waals surface area contributed by atoms with Gasteiger partial charge in [0.25, 0.3) is 0 Å². The Morgan fingerprint density at radius 1 is 1.10 bits per heavy atom. The summed E-state index contributed by atoms with van der Waals surface area (Å²) in [5.74, 6) is 0. The second kappa shape index (κ2) is 2.51. The molecule has 0 bridgehead atoms. The van der Waals surface area contributed by atoms with Crippen molar-refractivity contribution in [1.29, 1.82) is 0 Å². The first-order valence-electron chi connectivity index (χ1n) is 4.28. The third-order valence-corrected chi connectivity index (χ3v) is 2.75. The predicted molar refractivity (Wildman–Crippen MR) is 39.8 cm³/mol. The first-order valence-corrected chi connectivity index (χ1v) is 4.28. The first kappa shape index (κ1) is 6.62. The number of likely N-dealkylation sites (tertiary alicyclic amines) is 1. The van der Waals surface area contributed by atoms with Gasteiger partial charge in [-0.15, -0.1) is 0 Å². The third kappa shape index (κ3) is 1.06. The summed E-state index contributed by atoms with van der Waals surface area (Å²) in [5, 5.41) is 9.05. The van der Waals surface area contributed by atoms with Crippen molar-refractivity contribution >= 4 is 0 Å². The molecular formula is C8H15NO. The molecule has 1 saturated carbocycles. The molecule has 0 aromatic rings. The van der Waals surface area contributed by atoms with E-state index in [1.807, 2.05) is 0 Å². The van der Waals surface area contributed by atoms with Gasteiger partial charge in [-0.3, -0.25) is 0 Å². The van der Waals surface area contributed by atoms with E-state index < -0.39 is 0 Å². The zero-order chi connectivity index (χ0) is 6.97. The van der Waals surface area contributed by atoms with Crippen molar-refractivity contribution in [3.63, 3.8) is 0 Å². The maximum Gasteiger partial charge on any atom is 0.0570 e. The normalized spacial score (nSPS) is 41.7. The van der Waals surface area contributed by atoms with Gasteiger partial charge in [0.1, 0.15) is 0 Å². The van der Waals surface area contributed by atoms with Crippen LogP contribution in [0.5, 0.6) is 0 Å². The minimum atomic E-state index is 0.0191. The van der Waals surface area contributed by atoms with Crippen LogP contribution in [-0.4, -0.2) is 35.2 Å². The molecule has 2 aliphatic rings. The molecule has 2 nitrogen and oxygen atoms in total. The van der Waals surface area contributed by atoms with Crippen molar-refractivity contribution in [2.45, 2.75) is 37.8 Å². The zero-order valence-corrected chi connectivity index (χ0v) is 6.29. The molecule has 0 amide bonds. The van der Waals surface area contributed by atoms with E-state index >= 15 is 0 Å². The molecule has 0 atom stereocenters. The lowest BCUT2D eigenvalue weighted by Gasteiger charge is -2.38. The van der Waals surface area contributed by atoms with Gasteiger partial charge in [-0.2, -0.15) is 0 Å². The van der Waals surface area contributed by atoms with Crippen molar-refractivity contribution in [3.05, 3.63) is 0 Å². The van der Waals surface area contributed by atoms with Crippen molar-refractivity contribution < 1.29 is 5.11 Å². The summed E-state index contributed by atoms with van der Waals surface area (Å²) in [5.41, 5.74) is 0. The number of rotatable bonds is 1. The van der Waals surface area contributed by atoms with Crippen molar-refractivity contribution in [2.24, 2.45) is 0 Å². The number of aliphatic hydroxyl groups excluding tert-OH is 1. The molecule has 1 aliphatic heterocycles. The Labute approximate surface area is 61.8 Å². The largest absolute Gasteiger partial charge is 0.393 e. The van der Waals surface area contributed by atoms with Gasteiger partial charge in [-0.1, -0.05) is 0 Å². The van der Waals surface area contributed by atoms with Crippen LogP contribution in [0.25, 0.3) is 0 Å². The predicted octanol–water partition coefficient (Wildman–Crippen LogP) is 0.606. The molecule has 1 heterocycles. The van der Waals surface area contributed by atoms with E-state index in [0.717, 1.165) is 18.9 Å². The second-order valence-electron chi connectivity index (χ2n) is 3.52. The Balaban J connectivity index is 1.78. The van der Waals surface area contributed by atoms with E-state index in [1.54, 1.807) is 0 Å². The average Bonchev–Trinajstić information content (AvgIpc) is 2.31. The molecule has 2 heteroatoms. The molecular weight excluding hydrogens is 126 g/mol. The lowest BCUT2D eigenvalue weighted by atomic mass is 9.88. The fourth-order valence-electron chi connectivity index (χ4n) is 1.96. The van der Waals surface area contributed by atoms with E-state index in [2.05, 4.69) is 4.90 Å². The molecule has 1 saturated heterocycles. The SMILES string of the molecule is O[C@H]1C[C@@H](N2CCCC2)C1. The number of nitrogens with zero attached hydrogens (tertiary/aromatic N) is 1. The van der Waals surface area contributed by atoms with Gasteiger partial charge in [0, 0.05) is 6.04 Å². The molecule has 2 fully saturated rings. The fourth-order valence-corrected chi connectivity index (χ4v) is 1.96. The van der Waals surface area contributed by atoms with Crippen LogP contribution in [0, 0.1) is 0 Å². The smallest absolute Gasteiger partial charge is 0.0570 e. The van der Waals surface area contributed by atoms with Crippen molar-refractivity contribution in [3.8, 4) is 0 Å². The molecule has 2 rings (SSSR count). The summed E-state index contributed by atoms with van der Waals surface area (Å²) >= 11 is 0. The Kier molecular flexibility index (Phi) is 1.66. The van der Waals surface area contributed by atoms with Crippen LogP contribution in [0.15, 0.2) is 0 Å². The Hall–Kier alpha value is -0.0800. The topological polar surface area (TPSA) is 23.5 Å². The van der Waals surface area contributed by atoms with Gasteiger partial charge < -0.3 is 10.0 Å². The molecule has 0 aromatic carbocycles. The van der Waals surface area contributed by atoms with Crippen LogP contribution >= 0.6 is 0 Å². The minimum Gasteiger partial charge on any atom is -0.393 e. The van der Waals surface area contributed by atoms with Crippen molar-refractivity contribution in [1.82, 2.24) is 4.90 Å². The summed E-state index contributed by atoms with van der Waals surface area (Å²) in [6.45, 7) is 2.55. The van der Waals surface area contributed by atoms with E-state index in [9.17, 15) is 0 Å². The van der Waals surface area contributed by atoms with Crippen LogP contribution in [-0.2, 0) is 0 Å². The van der Waals surface area contributed by atoms with Gasteiger partial charge in [0.2, 0.25) is 0 Å². The van der Waals surface area contributed by atoms with Crippen LogP contribution in [0.4, 0.5) is 0 Å². The molecule has 0 unspecified atom stereocenters. The van der Waals surface area contributed by atoms with Crippen LogP contribution in [0.3, 0.4) is 0 Å². The lowest BCUT2D eigenvalue weighted by molar-refractivity contribution is 0.0114. The van der Waals surface area contributed by atoms with E-state index in [4.69, 9.17) is 5.11 Å². The molecule has 10 heavy (non-hydrogen) atoms. The fraction of sp³-hybridized carbons (Fsp3) is 1.00. The molecule has 58 valence electrons. The Bertz CT molecular complexity index is 114. The number of hydrogen-bond donors (Lipinski definition) is 1. The highest BCUT2D eigenvalue weighted by atomic mass is 16.3. The highest BCUT2D eigenvalue weighted by molar-refractivity contribution is 4.88. The van der Waals surface area contributed by atoms with E-state index in [-0.39, 0.29) is 6.10 Å². The summed E-state index contributed by atoms with van der Waals surface area (Å²) in [4.78, 5) is 2.52. The van der Waals surface area contributed by atoms with Gasteiger partial charge >= 0.3 is 0 Å². The monoisotopic (exact) mass is 141 g/mol. The quantitative estimate of drug-likeness (QED) is 0.578. The molecule has 0 aromatic heterocycles. The molecule has 0 spiro atoms. The number of aliphatic hydroxyl groups is 1. The lowest BCUT2D eigenvalue weighted by Crippen LogP contribution is -2.45. The van der Waals surface area contributed by atoms with Crippen LogP contribution in [0.2, 0.25) is 0 Å². The third-order valence-electron chi connectivity index (χ3n) is 2.75. The molecule has 0 radical (unpaired) electrons. The second-order valence-corrected chi connectivity index (χ2v) is 3.52. The average molecular weight is 141 g/mol. The molecule has 1 aliphatic carbocycles. The maximum atomic E-state index is 9.05. The Morgan fingerprint density at radius 2 is 1.70 bits per heavy atom. The van der Waals surface area contributed by atoms with Gasteiger partial charge in [0.15, 0.2) is 0 Å². The summed E-state index contributed by atoms with van der Waals surface area (Å²) < 4.78 is 0. The summed E-state index contributed by atoms with van der Waals surface area (Å²) in [6.07, 6.45) is 4.81. The first-order chi connectivity index (χ1) is 4.86. The minimum absolute atomic E-state index is 0.0191. The van der Waals surface area contributed by atoms with Gasteiger partial charge in [0.05, 0.1) is 6.10 Å². The maximum absolute atomic E-state index is 9.05. The van der Waals surface area contributed by atoms with Gasteiger partial charge in [-0.05, 0) is 38.8 Å². The van der Waals surface area contributed by atoms with Crippen LogP contribution in [0.1, 0.15) is 25.7 Å². The van der Waals surface area contributed by atoms with Crippen LogP contribution < -0.4 is 0 Å². The highest BCUT2D eigenvalue weighted by Gasteiger charge is 2.32. The summed E-state index contributed by atoms with van der Waals surface area (Å²) in [7, 11) is 0.